The lowest BCUT2D eigenvalue weighted by Gasteiger charge is -2.07. The van der Waals surface area contributed by atoms with Gasteiger partial charge in [0.1, 0.15) is 6.10 Å². The van der Waals surface area contributed by atoms with Crippen molar-refractivity contribution < 1.29 is 17.3 Å². The molecule has 1 aliphatic heterocycles. The van der Waals surface area contributed by atoms with Crippen LogP contribution in [0, 0.1) is 0 Å². The molecule has 1 fully saturated rings. The molecule has 0 aromatic carbocycles. The van der Waals surface area contributed by atoms with Gasteiger partial charge in [0.15, 0.2) is 0 Å². The van der Waals surface area contributed by atoms with Crippen molar-refractivity contribution >= 4 is 10.1 Å². The fourth-order valence-electron chi connectivity index (χ4n) is 3.58. The SMILES string of the molecule is CCCCCCCCCCCCCCCCC1(C)OC1COS(C)(=O)=O. The summed E-state index contributed by atoms with van der Waals surface area (Å²) in [5, 5.41) is 0. The minimum Gasteiger partial charge on any atom is -0.364 e. The van der Waals surface area contributed by atoms with Gasteiger partial charge < -0.3 is 4.74 Å². The van der Waals surface area contributed by atoms with E-state index in [1.54, 1.807) is 0 Å². The third-order valence-corrected chi connectivity index (χ3v) is 6.06. The van der Waals surface area contributed by atoms with Crippen LogP contribution < -0.4 is 0 Å². The van der Waals surface area contributed by atoms with E-state index in [4.69, 9.17) is 8.92 Å². The van der Waals surface area contributed by atoms with Gasteiger partial charge in [-0.25, -0.2) is 0 Å². The van der Waals surface area contributed by atoms with Gasteiger partial charge >= 0.3 is 0 Å². The molecular formula is C21H42O4S. The quantitative estimate of drug-likeness (QED) is 0.164. The van der Waals surface area contributed by atoms with Crippen LogP contribution in [0.5, 0.6) is 0 Å². The number of epoxide rings is 1. The van der Waals surface area contributed by atoms with E-state index in [1.165, 1.54) is 83.5 Å². The van der Waals surface area contributed by atoms with Crippen LogP contribution in [0.1, 0.15) is 110 Å². The van der Waals surface area contributed by atoms with Gasteiger partial charge in [-0.3, -0.25) is 4.18 Å². The minimum absolute atomic E-state index is 0.0563. The molecule has 1 aliphatic rings. The maximum absolute atomic E-state index is 11.0. The van der Waals surface area contributed by atoms with Crippen molar-refractivity contribution in [2.24, 2.45) is 0 Å². The molecule has 0 saturated carbocycles. The third kappa shape index (κ3) is 12.3. The molecular weight excluding hydrogens is 348 g/mol. The average molecular weight is 391 g/mol. The fraction of sp³-hybridized carbons (Fsp3) is 1.00. The lowest BCUT2D eigenvalue weighted by molar-refractivity contribution is 0.252. The summed E-state index contributed by atoms with van der Waals surface area (Å²) in [6, 6.07) is 0. The van der Waals surface area contributed by atoms with Crippen LogP contribution in [-0.4, -0.2) is 33.0 Å². The van der Waals surface area contributed by atoms with Crippen molar-refractivity contribution in [2.75, 3.05) is 12.9 Å². The van der Waals surface area contributed by atoms with Crippen LogP contribution in [-0.2, 0) is 19.0 Å². The summed E-state index contributed by atoms with van der Waals surface area (Å²) in [4.78, 5) is 0. The average Bonchev–Trinajstić information content (AvgIpc) is 3.23. The number of hydrogen-bond acceptors (Lipinski definition) is 4. The van der Waals surface area contributed by atoms with Gasteiger partial charge in [0.2, 0.25) is 0 Å². The number of hydrogen-bond donors (Lipinski definition) is 0. The molecule has 1 rings (SSSR count). The molecule has 0 aliphatic carbocycles. The molecule has 0 aromatic rings. The van der Waals surface area contributed by atoms with E-state index in [2.05, 4.69) is 13.8 Å². The Kier molecular flexibility index (Phi) is 12.1. The van der Waals surface area contributed by atoms with E-state index < -0.39 is 10.1 Å². The fourth-order valence-corrected chi connectivity index (χ4v) is 3.95. The third-order valence-electron chi connectivity index (χ3n) is 5.50. The van der Waals surface area contributed by atoms with Crippen LogP contribution in [0.3, 0.4) is 0 Å². The Labute approximate surface area is 162 Å². The van der Waals surface area contributed by atoms with Gasteiger partial charge in [0.25, 0.3) is 10.1 Å². The molecule has 1 saturated heterocycles. The zero-order valence-electron chi connectivity index (χ0n) is 17.4. The maximum Gasteiger partial charge on any atom is 0.264 e. The Bertz CT molecular complexity index is 449. The number of unbranched alkanes of at least 4 members (excludes halogenated alkanes) is 13. The molecule has 0 amide bonds. The first-order chi connectivity index (χ1) is 12.4. The van der Waals surface area contributed by atoms with Gasteiger partial charge in [-0.1, -0.05) is 96.8 Å². The lowest BCUT2D eigenvalue weighted by Crippen LogP contribution is -2.16. The summed E-state index contributed by atoms with van der Waals surface area (Å²) in [6.45, 7) is 4.49. The smallest absolute Gasteiger partial charge is 0.264 e. The first kappa shape index (κ1) is 23.9. The highest BCUT2D eigenvalue weighted by atomic mass is 32.2. The van der Waals surface area contributed by atoms with E-state index in [0.717, 1.165) is 19.1 Å². The highest BCUT2D eigenvalue weighted by Gasteiger charge is 2.51. The summed E-state index contributed by atoms with van der Waals surface area (Å²) in [6.07, 6.45) is 21.1. The Hall–Kier alpha value is -0.130. The Balaban J connectivity index is 1.81. The number of rotatable bonds is 18. The maximum atomic E-state index is 11.0. The van der Waals surface area contributed by atoms with Crippen LogP contribution >= 0.6 is 0 Å². The second-order valence-electron chi connectivity index (χ2n) is 8.25. The monoisotopic (exact) mass is 390 g/mol. The van der Waals surface area contributed by atoms with E-state index in [0.29, 0.717) is 0 Å². The number of ether oxygens (including phenoxy) is 1. The zero-order valence-corrected chi connectivity index (χ0v) is 18.2. The van der Waals surface area contributed by atoms with Crippen molar-refractivity contribution in [1.82, 2.24) is 0 Å². The van der Waals surface area contributed by atoms with E-state index in [1.807, 2.05) is 0 Å². The summed E-state index contributed by atoms with van der Waals surface area (Å²) in [5.74, 6) is 0. The topological polar surface area (TPSA) is 55.9 Å². The second kappa shape index (κ2) is 13.1. The highest BCUT2D eigenvalue weighted by molar-refractivity contribution is 7.85. The summed E-state index contributed by atoms with van der Waals surface area (Å²) >= 11 is 0. The molecule has 4 nitrogen and oxygen atoms in total. The minimum atomic E-state index is -3.36. The predicted octanol–water partition coefficient (Wildman–Crippen LogP) is 5.99. The zero-order chi connectivity index (χ0) is 19.3. The van der Waals surface area contributed by atoms with Gasteiger partial charge in [-0.15, -0.1) is 0 Å². The summed E-state index contributed by atoms with van der Waals surface area (Å²) in [7, 11) is -3.36. The van der Waals surface area contributed by atoms with Crippen LogP contribution in [0.4, 0.5) is 0 Å². The van der Waals surface area contributed by atoms with Crippen molar-refractivity contribution in [3.05, 3.63) is 0 Å². The van der Waals surface area contributed by atoms with Gasteiger partial charge in [-0.2, -0.15) is 8.42 Å². The van der Waals surface area contributed by atoms with Crippen LogP contribution in [0.15, 0.2) is 0 Å². The van der Waals surface area contributed by atoms with Crippen LogP contribution in [0.2, 0.25) is 0 Å². The van der Waals surface area contributed by atoms with Gasteiger partial charge in [0, 0.05) is 0 Å². The highest BCUT2D eigenvalue weighted by Crippen LogP contribution is 2.41. The normalized spacial score (nSPS) is 22.7. The molecule has 0 radical (unpaired) electrons. The largest absolute Gasteiger partial charge is 0.364 e. The van der Waals surface area contributed by atoms with E-state index >= 15 is 0 Å². The van der Waals surface area contributed by atoms with Gasteiger partial charge in [0.05, 0.1) is 18.5 Å². The van der Waals surface area contributed by atoms with Crippen molar-refractivity contribution in [3.8, 4) is 0 Å². The first-order valence-corrected chi connectivity index (χ1v) is 12.7. The molecule has 0 N–H and O–H groups in total. The standard InChI is InChI=1S/C21H42O4S/c1-4-5-6-7-8-9-10-11-12-13-14-15-16-17-18-21(2)20(25-21)19-24-26(3,22)23/h20H,4-19H2,1-3H3. The molecule has 5 heteroatoms. The predicted molar refractivity (Wildman–Crippen MR) is 109 cm³/mol. The van der Waals surface area contributed by atoms with Crippen molar-refractivity contribution in [3.63, 3.8) is 0 Å². The molecule has 1 heterocycles. The Morgan fingerprint density at radius 3 is 1.65 bits per heavy atom. The molecule has 2 unspecified atom stereocenters. The first-order valence-electron chi connectivity index (χ1n) is 10.9. The molecule has 0 aromatic heterocycles. The molecule has 26 heavy (non-hydrogen) atoms. The molecule has 2 atom stereocenters. The van der Waals surface area contributed by atoms with Crippen molar-refractivity contribution in [2.45, 2.75) is 122 Å². The molecule has 0 spiro atoms. The lowest BCUT2D eigenvalue weighted by atomic mass is 9.98. The van der Waals surface area contributed by atoms with Crippen LogP contribution in [0.25, 0.3) is 0 Å². The van der Waals surface area contributed by atoms with E-state index in [-0.39, 0.29) is 18.3 Å². The molecule has 0 bridgehead atoms. The van der Waals surface area contributed by atoms with Gasteiger partial charge in [-0.05, 0) is 13.3 Å². The van der Waals surface area contributed by atoms with Crippen molar-refractivity contribution in [1.29, 1.82) is 0 Å². The van der Waals surface area contributed by atoms with E-state index in [9.17, 15) is 8.42 Å². The Morgan fingerprint density at radius 1 is 0.808 bits per heavy atom. The second-order valence-corrected chi connectivity index (χ2v) is 9.90. The molecule has 156 valence electrons. The Morgan fingerprint density at radius 2 is 1.23 bits per heavy atom. The summed E-state index contributed by atoms with van der Waals surface area (Å²) < 4.78 is 32.4. The summed E-state index contributed by atoms with van der Waals surface area (Å²) in [5.41, 5.74) is -0.165.